The summed E-state index contributed by atoms with van der Waals surface area (Å²) in [4.78, 5) is 14.6. The quantitative estimate of drug-likeness (QED) is 0.709. The molecule has 0 saturated heterocycles. The summed E-state index contributed by atoms with van der Waals surface area (Å²) < 4.78 is 1.39. The second kappa shape index (κ2) is 3.01. The molecule has 0 aromatic carbocycles. The first-order chi connectivity index (χ1) is 6.25. The van der Waals surface area contributed by atoms with Crippen LogP contribution in [-0.2, 0) is 12.5 Å². The molecule has 0 spiro atoms. The van der Waals surface area contributed by atoms with Gasteiger partial charge in [-0.1, -0.05) is 20.8 Å². The number of aromatic carboxylic acids is 1. The van der Waals surface area contributed by atoms with Crippen LogP contribution < -0.4 is 0 Å². The van der Waals surface area contributed by atoms with Gasteiger partial charge in [0.2, 0.25) is 11.6 Å². The van der Waals surface area contributed by atoms with Crippen LogP contribution in [0, 0.1) is 0 Å². The summed E-state index contributed by atoms with van der Waals surface area (Å²) in [7, 11) is 1.59. The number of hydrogen-bond acceptors (Lipinski definition) is 3. The summed E-state index contributed by atoms with van der Waals surface area (Å²) in [5, 5.41) is 18.2. The van der Waals surface area contributed by atoms with E-state index in [1.54, 1.807) is 7.05 Å². The van der Waals surface area contributed by atoms with Crippen LogP contribution in [0.3, 0.4) is 0 Å². The summed E-state index contributed by atoms with van der Waals surface area (Å²) in [6, 6.07) is 0. The number of carbonyl (C=O) groups is 1. The lowest BCUT2D eigenvalue weighted by Crippen LogP contribution is -2.17. The van der Waals surface area contributed by atoms with Crippen molar-refractivity contribution in [3.63, 3.8) is 0 Å². The molecule has 0 aliphatic rings. The first-order valence-corrected chi connectivity index (χ1v) is 4.24. The molecule has 1 aromatic rings. The Balaban J connectivity index is 3.37. The van der Waals surface area contributed by atoms with Crippen LogP contribution in [0.25, 0.3) is 0 Å². The number of aromatic nitrogens is 2. The third-order valence-electron chi connectivity index (χ3n) is 1.94. The second-order valence-corrected chi connectivity index (χ2v) is 4.22. The first-order valence-electron chi connectivity index (χ1n) is 4.24. The van der Waals surface area contributed by atoms with E-state index in [1.165, 1.54) is 4.57 Å². The highest BCUT2D eigenvalue weighted by atomic mass is 16.4. The van der Waals surface area contributed by atoms with E-state index in [-0.39, 0.29) is 17.0 Å². The Hall–Kier alpha value is -1.52. The molecular weight excluding hydrogens is 184 g/mol. The van der Waals surface area contributed by atoms with Crippen LogP contribution in [0.15, 0.2) is 0 Å². The number of imidazole rings is 1. The molecule has 0 amide bonds. The summed E-state index contributed by atoms with van der Waals surface area (Å²) in [6.07, 6.45) is 0. The molecule has 0 atom stereocenters. The van der Waals surface area contributed by atoms with Crippen molar-refractivity contribution in [2.45, 2.75) is 26.2 Å². The lowest BCUT2D eigenvalue weighted by Gasteiger charge is -2.17. The molecule has 0 saturated carbocycles. The molecule has 5 heteroatoms. The minimum atomic E-state index is -1.21. The Labute approximate surface area is 82.0 Å². The van der Waals surface area contributed by atoms with E-state index in [2.05, 4.69) is 4.98 Å². The van der Waals surface area contributed by atoms with Gasteiger partial charge in [-0.15, -0.1) is 0 Å². The van der Waals surface area contributed by atoms with Crippen molar-refractivity contribution < 1.29 is 15.0 Å². The standard InChI is InChI=1S/C9H14N2O3/c1-9(2,3)8-10-5(7(13)14)6(12)11(8)4/h12H,1-4H3,(H,13,14). The molecule has 0 radical (unpaired) electrons. The molecule has 0 aliphatic carbocycles. The van der Waals surface area contributed by atoms with Gasteiger partial charge in [-0.2, -0.15) is 0 Å². The normalized spacial score (nSPS) is 11.7. The number of rotatable bonds is 1. The smallest absolute Gasteiger partial charge is 0.360 e. The molecule has 14 heavy (non-hydrogen) atoms. The lowest BCUT2D eigenvalue weighted by atomic mass is 9.96. The maximum Gasteiger partial charge on any atom is 0.360 e. The average Bonchev–Trinajstić information content (AvgIpc) is 2.28. The van der Waals surface area contributed by atoms with Gasteiger partial charge in [-0.25, -0.2) is 9.78 Å². The maximum atomic E-state index is 10.7. The zero-order valence-corrected chi connectivity index (χ0v) is 8.70. The third-order valence-corrected chi connectivity index (χ3v) is 1.94. The molecule has 1 aromatic heterocycles. The van der Waals surface area contributed by atoms with Gasteiger partial charge in [-0.05, 0) is 0 Å². The SMILES string of the molecule is Cn1c(C(C)(C)C)nc(C(=O)O)c1O. The molecular formula is C9H14N2O3. The highest BCUT2D eigenvalue weighted by molar-refractivity contribution is 5.88. The van der Waals surface area contributed by atoms with Gasteiger partial charge < -0.3 is 14.8 Å². The van der Waals surface area contributed by atoms with E-state index >= 15 is 0 Å². The zero-order valence-electron chi connectivity index (χ0n) is 8.70. The minimum Gasteiger partial charge on any atom is -0.493 e. The Morgan fingerprint density at radius 2 is 1.93 bits per heavy atom. The van der Waals surface area contributed by atoms with E-state index in [0.717, 1.165) is 0 Å². The Morgan fingerprint density at radius 3 is 2.14 bits per heavy atom. The van der Waals surface area contributed by atoms with Crippen molar-refractivity contribution in [1.82, 2.24) is 9.55 Å². The van der Waals surface area contributed by atoms with Crippen LogP contribution in [0.1, 0.15) is 37.1 Å². The van der Waals surface area contributed by atoms with Gasteiger partial charge in [0.1, 0.15) is 5.82 Å². The van der Waals surface area contributed by atoms with Crippen LogP contribution >= 0.6 is 0 Å². The minimum absolute atomic E-state index is 0.292. The molecule has 1 rings (SSSR count). The van der Waals surface area contributed by atoms with E-state index in [9.17, 15) is 9.90 Å². The number of hydrogen-bond donors (Lipinski definition) is 2. The molecule has 5 nitrogen and oxygen atoms in total. The Morgan fingerprint density at radius 1 is 1.43 bits per heavy atom. The molecule has 78 valence electrons. The molecule has 0 unspecified atom stereocenters. The predicted octanol–water partition coefficient (Wildman–Crippen LogP) is 1.12. The van der Waals surface area contributed by atoms with Crippen molar-refractivity contribution >= 4 is 5.97 Å². The van der Waals surface area contributed by atoms with Crippen LogP contribution in [0.5, 0.6) is 5.88 Å². The Bertz CT molecular complexity index is 374. The van der Waals surface area contributed by atoms with Gasteiger partial charge in [0.05, 0.1) is 0 Å². The van der Waals surface area contributed by atoms with Gasteiger partial charge in [0, 0.05) is 12.5 Å². The van der Waals surface area contributed by atoms with Crippen molar-refractivity contribution in [3.8, 4) is 5.88 Å². The van der Waals surface area contributed by atoms with Gasteiger partial charge in [-0.3, -0.25) is 0 Å². The first kappa shape index (κ1) is 10.6. The fourth-order valence-corrected chi connectivity index (χ4v) is 1.30. The third kappa shape index (κ3) is 1.57. The lowest BCUT2D eigenvalue weighted by molar-refractivity contribution is 0.0687. The number of nitrogens with zero attached hydrogens (tertiary/aromatic N) is 2. The van der Waals surface area contributed by atoms with Crippen molar-refractivity contribution in [2.24, 2.45) is 7.05 Å². The van der Waals surface area contributed by atoms with E-state index in [4.69, 9.17) is 5.11 Å². The molecule has 0 aliphatic heterocycles. The summed E-state index contributed by atoms with van der Waals surface area (Å²) in [5.41, 5.74) is -0.586. The fourth-order valence-electron chi connectivity index (χ4n) is 1.30. The van der Waals surface area contributed by atoms with Crippen LogP contribution in [0.2, 0.25) is 0 Å². The zero-order chi connectivity index (χ0) is 11.1. The molecule has 2 N–H and O–H groups in total. The average molecular weight is 198 g/mol. The largest absolute Gasteiger partial charge is 0.493 e. The van der Waals surface area contributed by atoms with Gasteiger partial charge >= 0.3 is 5.97 Å². The van der Waals surface area contributed by atoms with E-state index < -0.39 is 5.97 Å². The highest BCUT2D eigenvalue weighted by Crippen LogP contribution is 2.26. The highest BCUT2D eigenvalue weighted by Gasteiger charge is 2.26. The number of aromatic hydroxyl groups is 1. The Kier molecular flexibility index (Phi) is 2.27. The monoisotopic (exact) mass is 198 g/mol. The van der Waals surface area contributed by atoms with Crippen LogP contribution in [-0.4, -0.2) is 25.7 Å². The second-order valence-electron chi connectivity index (χ2n) is 4.22. The predicted molar refractivity (Wildman–Crippen MR) is 50.5 cm³/mol. The summed E-state index contributed by atoms with van der Waals surface area (Å²) in [6.45, 7) is 5.71. The van der Waals surface area contributed by atoms with Crippen molar-refractivity contribution in [3.05, 3.63) is 11.5 Å². The van der Waals surface area contributed by atoms with Gasteiger partial charge in [0.15, 0.2) is 0 Å². The van der Waals surface area contributed by atoms with Crippen molar-refractivity contribution in [1.29, 1.82) is 0 Å². The van der Waals surface area contributed by atoms with Crippen molar-refractivity contribution in [2.75, 3.05) is 0 Å². The summed E-state index contributed by atoms with van der Waals surface area (Å²) >= 11 is 0. The molecule has 1 heterocycles. The number of carboxylic acids is 1. The van der Waals surface area contributed by atoms with Crippen LogP contribution in [0.4, 0.5) is 0 Å². The molecule has 0 bridgehead atoms. The van der Waals surface area contributed by atoms with E-state index in [0.29, 0.717) is 5.82 Å². The topological polar surface area (TPSA) is 75.4 Å². The maximum absolute atomic E-state index is 10.7. The van der Waals surface area contributed by atoms with E-state index in [1.807, 2.05) is 20.8 Å². The van der Waals surface area contributed by atoms with Gasteiger partial charge in [0.25, 0.3) is 0 Å². The fraction of sp³-hybridized carbons (Fsp3) is 0.556. The molecule has 0 fully saturated rings. The number of carboxylic acid groups (broad SMARTS) is 1. The summed E-state index contributed by atoms with van der Waals surface area (Å²) in [5.74, 6) is -0.969.